The van der Waals surface area contributed by atoms with Crippen molar-refractivity contribution in [3.05, 3.63) is 69.7 Å². The van der Waals surface area contributed by atoms with Crippen LogP contribution in [0.1, 0.15) is 36.9 Å². The van der Waals surface area contributed by atoms with E-state index in [1.807, 2.05) is 31.2 Å². The van der Waals surface area contributed by atoms with Crippen molar-refractivity contribution < 1.29 is 14.3 Å². The molecule has 0 radical (unpaired) electrons. The quantitative estimate of drug-likeness (QED) is 0.740. The lowest BCUT2D eigenvalue weighted by Gasteiger charge is -2.17. The minimum absolute atomic E-state index is 0.231. The number of hydrogen-bond acceptors (Lipinski definition) is 3. The third kappa shape index (κ3) is 4.19. The van der Waals surface area contributed by atoms with Gasteiger partial charge in [-0.05, 0) is 55.2 Å². The van der Waals surface area contributed by atoms with Gasteiger partial charge in [0.15, 0.2) is 6.61 Å². The highest BCUT2D eigenvalue weighted by Gasteiger charge is 2.52. The normalized spacial score (nSPS) is 15.8. The maximum absolute atomic E-state index is 12.5. The first-order chi connectivity index (χ1) is 12.4. The highest BCUT2D eigenvalue weighted by molar-refractivity contribution is 6.30. The highest BCUT2D eigenvalue weighted by atomic mass is 35.5. The molecule has 3 rings (SSSR count). The number of benzene rings is 2. The van der Waals surface area contributed by atoms with Crippen LogP contribution in [0.15, 0.2) is 48.5 Å². The van der Waals surface area contributed by atoms with E-state index in [0.717, 1.165) is 11.1 Å². The Balaban J connectivity index is 1.54. The van der Waals surface area contributed by atoms with Crippen molar-refractivity contribution in [3.63, 3.8) is 0 Å². The summed E-state index contributed by atoms with van der Waals surface area (Å²) in [5.74, 6) is -0.719. The zero-order valence-electron chi connectivity index (χ0n) is 14.3. The highest BCUT2D eigenvalue weighted by Crippen LogP contribution is 2.49. The molecule has 26 heavy (non-hydrogen) atoms. The summed E-state index contributed by atoms with van der Waals surface area (Å²) in [6, 6.07) is 14.2. The van der Waals surface area contributed by atoms with Crippen LogP contribution in [-0.4, -0.2) is 18.5 Å². The average Bonchev–Trinajstić information content (AvgIpc) is 3.42. The van der Waals surface area contributed by atoms with Gasteiger partial charge in [0.05, 0.1) is 11.5 Å². The molecule has 1 atom stereocenters. The first-order valence-electron chi connectivity index (χ1n) is 8.39. The molecule has 0 saturated heterocycles. The summed E-state index contributed by atoms with van der Waals surface area (Å²) in [4.78, 5) is 24.6. The average molecular weight is 392 g/mol. The summed E-state index contributed by atoms with van der Waals surface area (Å²) in [5.41, 5.74) is 1.13. The SMILES string of the molecule is C[C@H](NC(=O)COC(=O)C1(c2ccc(Cl)cc2)CC1)c1cccc(Cl)c1. The number of esters is 1. The molecule has 1 amide bonds. The Bertz CT molecular complexity index is 816. The molecule has 1 aliphatic carbocycles. The van der Waals surface area contributed by atoms with Gasteiger partial charge in [0.1, 0.15) is 0 Å². The lowest BCUT2D eigenvalue weighted by atomic mass is 9.96. The Labute approximate surface area is 162 Å². The maximum Gasteiger partial charge on any atom is 0.317 e. The number of hydrogen-bond donors (Lipinski definition) is 1. The molecular formula is C20H19Cl2NO3. The topological polar surface area (TPSA) is 55.4 Å². The predicted octanol–water partition coefficient (Wildman–Crippen LogP) is 4.45. The molecule has 2 aromatic carbocycles. The van der Waals surface area contributed by atoms with E-state index in [-0.39, 0.29) is 24.5 Å². The molecule has 1 N–H and O–H groups in total. The Morgan fingerprint density at radius 3 is 2.42 bits per heavy atom. The van der Waals surface area contributed by atoms with E-state index in [2.05, 4.69) is 5.32 Å². The smallest absolute Gasteiger partial charge is 0.317 e. The van der Waals surface area contributed by atoms with Crippen LogP contribution >= 0.6 is 23.2 Å². The molecule has 0 bridgehead atoms. The third-order valence-electron chi connectivity index (χ3n) is 4.60. The molecule has 1 aliphatic rings. The van der Waals surface area contributed by atoms with E-state index in [0.29, 0.717) is 22.9 Å². The summed E-state index contributed by atoms with van der Waals surface area (Å²) in [6.07, 6.45) is 1.43. The van der Waals surface area contributed by atoms with Crippen LogP contribution in [-0.2, 0) is 19.7 Å². The molecule has 0 spiro atoms. The molecule has 0 heterocycles. The minimum Gasteiger partial charge on any atom is -0.455 e. The van der Waals surface area contributed by atoms with Crippen LogP contribution < -0.4 is 5.32 Å². The molecule has 0 aromatic heterocycles. The fourth-order valence-corrected chi connectivity index (χ4v) is 3.24. The molecule has 1 fully saturated rings. The second kappa shape index (κ2) is 7.68. The Kier molecular flexibility index (Phi) is 5.54. The lowest BCUT2D eigenvalue weighted by Crippen LogP contribution is -2.33. The molecule has 2 aromatic rings. The molecule has 4 nitrogen and oxygen atoms in total. The lowest BCUT2D eigenvalue weighted by molar-refractivity contribution is -0.151. The summed E-state index contributed by atoms with van der Waals surface area (Å²) in [7, 11) is 0. The molecule has 0 unspecified atom stereocenters. The molecule has 1 saturated carbocycles. The van der Waals surface area contributed by atoms with Gasteiger partial charge in [-0.2, -0.15) is 0 Å². The minimum atomic E-state index is -0.635. The van der Waals surface area contributed by atoms with Crippen molar-refractivity contribution in [1.29, 1.82) is 0 Å². The van der Waals surface area contributed by atoms with Gasteiger partial charge < -0.3 is 10.1 Å². The monoisotopic (exact) mass is 391 g/mol. The van der Waals surface area contributed by atoms with Crippen LogP contribution in [0.5, 0.6) is 0 Å². The van der Waals surface area contributed by atoms with Gasteiger partial charge in [-0.3, -0.25) is 9.59 Å². The van der Waals surface area contributed by atoms with Crippen molar-refractivity contribution in [1.82, 2.24) is 5.32 Å². The van der Waals surface area contributed by atoms with Gasteiger partial charge in [0.25, 0.3) is 5.91 Å². The van der Waals surface area contributed by atoms with Crippen LogP contribution in [0.3, 0.4) is 0 Å². The summed E-state index contributed by atoms with van der Waals surface area (Å²) in [5, 5.41) is 4.03. The number of amides is 1. The van der Waals surface area contributed by atoms with Gasteiger partial charge in [-0.15, -0.1) is 0 Å². The van der Waals surface area contributed by atoms with Crippen LogP contribution in [0.4, 0.5) is 0 Å². The number of nitrogens with one attached hydrogen (secondary N) is 1. The van der Waals surface area contributed by atoms with Gasteiger partial charge in [0.2, 0.25) is 0 Å². The van der Waals surface area contributed by atoms with E-state index < -0.39 is 5.41 Å². The van der Waals surface area contributed by atoms with E-state index in [1.54, 1.807) is 24.3 Å². The van der Waals surface area contributed by atoms with Crippen molar-refractivity contribution in [2.45, 2.75) is 31.2 Å². The van der Waals surface area contributed by atoms with E-state index in [1.165, 1.54) is 0 Å². The summed E-state index contributed by atoms with van der Waals surface area (Å²) in [6.45, 7) is 1.54. The Morgan fingerprint density at radius 1 is 1.12 bits per heavy atom. The number of carbonyl (C=O) groups excluding carboxylic acids is 2. The van der Waals surface area contributed by atoms with Crippen molar-refractivity contribution in [3.8, 4) is 0 Å². The molecular weight excluding hydrogens is 373 g/mol. The number of halogens is 2. The van der Waals surface area contributed by atoms with Crippen molar-refractivity contribution in [2.24, 2.45) is 0 Å². The largest absolute Gasteiger partial charge is 0.455 e. The first kappa shape index (κ1) is 18.7. The fourth-order valence-electron chi connectivity index (χ4n) is 2.92. The number of carbonyl (C=O) groups is 2. The fraction of sp³-hybridized carbons (Fsp3) is 0.300. The van der Waals surface area contributed by atoms with Gasteiger partial charge in [-0.1, -0.05) is 47.5 Å². The van der Waals surface area contributed by atoms with Crippen molar-refractivity contribution >= 4 is 35.1 Å². The summed E-state index contributed by atoms with van der Waals surface area (Å²) < 4.78 is 5.27. The van der Waals surface area contributed by atoms with E-state index in [4.69, 9.17) is 27.9 Å². The molecule has 136 valence electrons. The predicted molar refractivity (Wildman–Crippen MR) is 101 cm³/mol. The zero-order valence-corrected chi connectivity index (χ0v) is 15.8. The van der Waals surface area contributed by atoms with Gasteiger partial charge >= 0.3 is 5.97 Å². The van der Waals surface area contributed by atoms with Crippen LogP contribution in [0, 0.1) is 0 Å². The summed E-state index contributed by atoms with van der Waals surface area (Å²) >= 11 is 11.9. The standard InChI is InChI=1S/C20H19Cl2NO3/c1-13(14-3-2-4-17(22)11-14)23-18(24)12-26-19(25)20(9-10-20)15-5-7-16(21)8-6-15/h2-8,11,13H,9-10,12H2,1H3,(H,23,24)/t13-/m0/s1. The third-order valence-corrected chi connectivity index (χ3v) is 5.09. The first-order valence-corrected chi connectivity index (χ1v) is 9.14. The van der Waals surface area contributed by atoms with Gasteiger partial charge in [0, 0.05) is 10.0 Å². The van der Waals surface area contributed by atoms with Crippen molar-refractivity contribution in [2.75, 3.05) is 6.61 Å². The van der Waals surface area contributed by atoms with E-state index >= 15 is 0 Å². The van der Waals surface area contributed by atoms with Gasteiger partial charge in [-0.25, -0.2) is 0 Å². The van der Waals surface area contributed by atoms with E-state index in [9.17, 15) is 9.59 Å². The molecule has 6 heteroatoms. The number of ether oxygens (including phenoxy) is 1. The van der Waals surface area contributed by atoms with Crippen LogP contribution in [0.25, 0.3) is 0 Å². The second-order valence-electron chi connectivity index (χ2n) is 6.51. The second-order valence-corrected chi connectivity index (χ2v) is 7.38. The molecule has 0 aliphatic heterocycles. The Morgan fingerprint density at radius 2 is 1.81 bits per heavy atom. The number of rotatable bonds is 6. The zero-order chi connectivity index (χ0) is 18.7. The maximum atomic E-state index is 12.5. The van der Waals surface area contributed by atoms with Crippen LogP contribution in [0.2, 0.25) is 10.0 Å². The Hall–Kier alpha value is -2.04.